The van der Waals surface area contributed by atoms with Gasteiger partial charge in [-0.15, -0.1) is 0 Å². The Morgan fingerprint density at radius 1 is 1.12 bits per heavy atom. The van der Waals surface area contributed by atoms with Gasteiger partial charge in [0.25, 0.3) is 0 Å². The van der Waals surface area contributed by atoms with E-state index in [1.54, 1.807) is 6.20 Å². The van der Waals surface area contributed by atoms with Gasteiger partial charge in [0.1, 0.15) is 0 Å². The minimum atomic E-state index is -1.04. The molecule has 0 bridgehead atoms. The van der Waals surface area contributed by atoms with Crippen LogP contribution >= 0.6 is 0 Å². The Balaban J connectivity index is 1.41. The van der Waals surface area contributed by atoms with Gasteiger partial charge >= 0.3 is 5.97 Å². The maximum absolute atomic E-state index is 10.8. The summed E-state index contributed by atoms with van der Waals surface area (Å²) >= 11 is 0. The second-order valence-corrected chi connectivity index (χ2v) is 7.19. The minimum Gasteiger partial charge on any atom is -0.476 e. The number of piperidine rings is 1. The molecule has 1 aromatic heterocycles. The number of aromatic nitrogens is 2. The molecule has 0 aromatic carbocycles. The molecule has 1 N–H and O–H groups in total. The van der Waals surface area contributed by atoms with Crippen molar-refractivity contribution in [2.24, 2.45) is 5.92 Å². The average molecular weight is 333 g/mol. The second kappa shape index (κ2) is 8.03. The molecule has 0 amide bonds. The third kappa shape index (κ3) is 4.74. The first-order chi connectivity index (χ1) is 11.6. The summed E-state index contributed by atoms with van der Waals surface area (Å²) in [5, 5.41) is 8.85. The van der Waals surface area contributed by atoms with E-state index in [9.17, 15) is 4.79 Å². The highest BCUT2D eigenvalue weighted by Gasteiger charge is 2.25. The molecule has 1 aromatic rings. The molecule has 0 radical (unpaired) electrons. The zero-order valence-corrected chi connectivity index (χ0v) is 14.4. The smallest absolute Gasteiger partial charge is 0.356 e. The number of carbonyl (C=O) groups is 1. The molecule has 2 aliphatic rings. The molecule has 6 nitrogen and oxygen atoms in total. The summed E-state index contributed by atoms with van der Waals surface area (Å²) in [4.78, 5) is 21.3. The molecule has 2 fully saturated rings. The zero-order valence-electron chi connectivity index (χ0n) is 14.4. The van der Waals surface area contributed by atoms with Gasteiger partial charge in [-0.3, -0.25) is 9.88 Å². The van der Waals surface area contributed by atoms with Crippen LogP contribution in [-0.4, -0.2) is 51.2 Å². The van der Waals surface area contributed by atoms with Crippen molar-refractivity contribution in [2.45, 2.75) is 64.2 Å². The molecule has 6 heteroatoms. The third-order valence-electron chi connectivity index (χ3n) is 5.19. The Labute approximate surface area is 143 Å². The lowest BCUT2D eigenvalue weighted by Gasteiger charge is -2.35. The Bertz CT molecular complexity index is 533. The van der Waals surface area contributed by atoms with Gasteiger partial charge in [0.15, 0.2) is 5.69 Å². The van der Waals surface area contributed by atoms with Gasteiger partial charge in [0.05, 0.1) is 30.3 Å². The molecule has 0 unspecified atom stereocenters. The van der Waals surface area contributed by atoms with E-state index in [1.807, 2.05) is 0 Å². The number of nitrogens with zero attached hydrogens (tertiary/aromatic N) is 3. The first kappa shape index (κ1) is 17.3. The predicted octanol–water partition coefficient (Wildman–Crippen LogP) is 2.73. The van der Waals surface area contributed by atoms with Crippen LogP contribution in [0.3, 0.4) is 0 Å². The second-order valence-electron chi connectivity index (χ2n) is 7.19. The molecule has 1 saturated heterocycles. The monoisotopic (exact) mass is 333 g/mol. The summed E-state index contributed by atoms with van der Waals surface area (Å²) in [6.45, 7) is 5.05. The molecule has 3 rings (SSSR count). The highest BCUT2D eigenvalue weighted by molar-refractivity contribution is 5.84. The standard InChI is InChI=1S/C18H27N3O3/c1-13-2-4-15(5-3-13)24-16-6-8-21(9-7-16)12-14-10-20-17(11-19-14)18(22)23/h10-11,13,15-16H,2-9,12H2,1H3,(H,22,23). The normalized spacial score (nSPS) is 26.4. The molecular weight excluding hydrogens is 306 g/mol. The lowest BCUT2D eigenvalue weighted by molar-refractivity contribution is -0.0609. The van der Waals surface area contributed by atoms with Gasteiger partial charge in [-0.2, -0.15) is 0 Å². The van der Waals surface area contributed by atoms with Crippen molar-refractivity contribution >= 4 is 5.97 Å². The predicted molar refractivity (Wildman–Crippen MR) is 89.8 cm³/mol. The molecule has 1 saturated carbocycles. The first-order valence-corrected chi connectivity index (χ1v) is 9.02. The van der Waals surface area contributed by atoms with E-state index in [-0.39, 0.29) is 5.69 Å². The summed E-state index contributed by atoms with van der Waals surface area (Å²) in [5.74, 6) is -0.176. The molecule has 24 heavy (non-hydrogen) atoms. The fraction of sp³-hybridized carbons (Fsp3) is 0.722. The van der Waals surface area contributed by atoms with E-state index in [0.29, 0.717) is 12.2 Å². The minimum absolute atomic E-state index is 0.00680. The largest absolute Gasteiger partial charge is 0.476 e. The molecule has 1 aliphatic heterocycles. The van der Waals surface area contributed by atoms with E-state index in [2.05, 4.69) is 21.8 Å². The van der Waals surface area contributed by atoms with E-state index in [0.717, 1.165) is 44.1 Å². The lowest BCUT2D eigenvalue weighted by atomic mass is 9.88. The molecule has 1 aliphatic carbocycles. The Morgan fingerprint density at radius 2 is 1.79 bits per heavy atom. The number of aromatic carboxylic acids is 1. The Kier molecular flexibility index (Phi) is 5.79. The highest BCUT2D eigenvalue weighted by Crippen LogP contribution is 2.28. The number of likely N-dealkylation sites (tertiary alicyclic amines) is 1. The Hall–Kier alpha value is -1.53. The van der Waals surface area contributed by atoms with Crippen LogP contribution in [0, 0.1) is 5.92 Å². The fourth-order valence-electron chi connectivity index (χ4n) is 3.62. The van der Waals surface area contributed by atoms with Gasteiger partial charge in [-0.05, 0) is 44.4 Å². The summed E-state index contributed by atoms with van der Waals surface area (Å²) in [5.41, 5.74) is 0.813. The molecule has 132 valence electrons. The van der Waals surface area contributed by atoms with Gasteiger partial charge in [0, 0.05) is 19.6 Å². The number of carboxylic acid groups (broad SMARTS) is 1. The van der Waals surface area contributed by atoms with E-state index in [1.165, 1.54) is 31.9 Å². The van der Waals surface area contributed by atoms with Crippen molar-refractivity contribution in [3.05, 3.63) is 23.8 Å². The maximum atomic E-state index is 10.8. The summed E-state index contributed by atoms with van der Waals surface area (Å²) in [7, 11) is 0. The van der Waals surface area contributed by atoms with Crippen molar-refractivity contribution < 1.29 is 14.6 Å². The van der Waals surface area contributed by atoms with E-state index >= 15 is 0 Å². The zero-order chi connectivity index (χ0) is 16.9. The lowest BCUT2D eigenvalue weighted by Crippen LogP contribution is -2.38. The van der Waals surface area contributed by atoms with Crippen molar-refractivity contribution in [1.82, 2.24) is 14.9 Å². The highest BCUT2D eigenvalue weighted by atomic mass is 16.5. The quantitative estimate of drug-likeness (QED) is 0.893. The van der Waals surface area contributed by atoms with Crippen LogP contribution in [0.2, 0.25) is 0 Å². The summed E-state index contributed by atoms with van der Waals surface area (Å²) in [6, 6.07) is 0. The Morgan fingerprint density at radius 3 is 2.38 bits per heavy atom. The first-order valence-electron chi connectivity index (χ1n) is 9.02. The van der Waals surface area contributed by atoms with Crippen molar-refractivity contribution in [3.63, 3.8) is 0 Å². The van der Waals surface area contributed by atoms with Crippen LogP contribution < -0.4 is 0 Å². The van der Waals surface area contributed by atoms with Crippen LogP contribution in [0.5, 0.6) is 0 Å². The van der Waals surface area contributed by atoms with Crippen LogP contribution in [-0.2, 0) is 11.3 Å². The number of hydrogen-bond acceptors (Lipinski definition) is 5. The van der Waals surface area contributed by atoms with Gasteiger partial charge in [0.2, 0.25) is 0 Å². The van der Waals surface area contributed by atoms with Crippen LogP contribution in [0.25, 0.3) is 0 Å². The van der Waals surface area contributed by atoms with Crippen LogP contribution in [0.15, 0.2) is 12.4 Å². The van der Waals surface area contributed by atoms with Crippen molar-refractivity contribution in [2.75, 3.05) is 13.1 Å². The van der Waals surface area contributed by atoms with E-state index < -0.39 is 5.97 Å². The van der Waals surface area contributed by atoms with Gasteiger partial charge in [-0.25, -0.2) is 9.78 Å². The summed E-state index contributed by atoms with van der Waals surface area (Å²) in [6.07, 6.45) is 10.9. The molecule has 0 atom stereocenters. The van der Waals surface area contributed by atoms with Crippen LogP contribution in [0.4, 0.5) is 0 Å². The third-order valence-corrected chi connectivity index (χ3v) is 5.19. The number of carboxylic acids is 1. The topological polar surface area (TPSA) is 75.5 Å². The number of hydrogen-bond donors (Lipinski definition) is 1. The number of ether oxygens (including phenoxy) is 1. The van der Waals surface area contributed by atoms with Gasteiger partial charge in [-0.1, -0.05) is 6.92 Å². The molecular formula is C18H27N3O3. The fourth-order valence-corrected chi connectivity index (χ4v) is 3.62. The molecule has 0 spiro atoms. The molecule has 2 heterocycles. The van der Waals surface area contributed by atoms with Crippen molar-refractivity contribution in [1.29, 1.82) is 0 Å². The van der Waals surface area contributed by atoms with Crippen molar-refractivity contribution in [3.8, 4) is 0 Å². The SMILES string of the molecule is CC1CCC(OC2CCN(Cc3cnc(C(=O)O)cn3)CC2)CC1. The summed E-state index contributed by atoms with van der Waals surface area (Å²) < 4.78 is 6.30. The number of rotatable bonds is 5. The average Bonchev–Trinajstić information content (AvgIpc) is 2.59. The van der Waals surface area contributed by atoms with E-state index in [4.69, 9.17) is 9.84 Å². The maximum Gasteiger partial charge on any atom is 0.356 e. The van der Waals surface area contributed by atoms with Gasteiger partial charge < -0.3 is 9.84 Å². The van der Waals surface area contributed by atoms with Crippen LogP contribution in [0.1, 0.15) is 61.6 Å².